The Labute approximate surface area is 141 Å². The molecular formula is C12H11IN5O3S-. The van der Waals surface area contributed by atoms with Crippen LogP contribution in [0.3, 0.4) is 0 Å². The summed E-state index contributed by atoms with van der Waals surface area (Å²) in [4.78, 5) is 11.7. The molecule has 0 radical (unpaired) electrons. The van der Waals surface area contributed by atoms with Crippen LogP contribution in [0.4, 0.5) is 5.95 Å². The van der Waals surface area contributed by atoms with Crippen LogP contribution >= 0.6 is 22.6 Å². The lowest BCUT2D eigenvalue weighted by Crippen LogP contribution is -2.29. The zero-order valence-electron chi connectivity index (χ0n) is 11.6. The molecular weight excluding hydrogens is 421 g/mol. The molecule has 0 aliphatic rings. The maximum atomic E-state index is 12.1. The van der Waals surface area contributed by atoms with E-state index in [4.69, 9.17) is 0 Å². The van der Waals surface area contributed by atoms with Gasteiger partial charge in [-0.25, -0.2) is 4.98 Å². The normalized spacial score (nSPS) is 12.2. The Balaban J connectivity index is 2.30. The Kier molecular flexibility index (Phi) is 4.90. The van der Waals surface area contributed by atoms with Crippen molar-refractivity contribution in [2.45, 2.75) is 18.7 Å². The monoisotopic (exact) mass is 432 g/mol. The summed E-state index contributed by atoms with van der Waals surface area (Å²) in [6.45, 7) is 3.26. The molecule has 0 unspecified atom stereocenters. The minimum absolute atomic E-state index is 0.0336. The summed E-state index contributed by atoms with van der Waals surface area (Å²) in [6, 6.07) is 5.17. The smallest absolute Gasteiger partial charge is 0.284 e. The molecule has 0 atom stereocenters. The number of nitrogens with zero attached hydrogens (tertiary/aromatic N) is 4. The third kappa shape index (κ3) is 4.10. The lowest BCUT2D eigenvalue weighted by atomic mass is 10.4. The van der Waals surface area contributed by atoms with Crippen LogP contribution in [0.15, 0.2) is 33.6 Å². The van der Waals surface area contributed by atoms with Gasteiger partial charge in [-0.3, -0.25) is 0 Å². The number of aryl methyl sites for hydroxylation is 2. The number of anilines is 1. The van der Waals surface area contributed by atoms with E-state index in [0.717, 1.165) is 0 Å². The van der Waals surface area contributed by atoms with Gasteiger partial charge in [-0.15, -0.1) is 0 Å². The number of aromatic nitrogens is 3. The SMILES string of the molecule is Cc1nc(C)nc(N/C([O-])=N/S(=O)(=O)c2ccccc2I)n1. The van der Waals surface area contributed by atoms with Gasteiger partial charge in [0.15, 0.2) is 0 Å². The number of sulfonamides is 1. The van der Waals surface area contributed by atoms with Crippen LogP contribution in [0.1, 0.15) is 11.6 Å². The van der Waals surface area contributed by atoms with Crippen molar-refractivity contribution < 1.29 is 13.5 Å². The van der Waals surface area contributed by atoms with Gasteiger partial charge in [0.25, 0.3) is 10.0 Å². The molecule has 0 aliphatic heterocycles. The molecule has 22 heavy (non-hydrogen) atoms. The van der Waals surface area contributed by atoms with Crippen LogP contribution in [0, 0.1) is 17.4 Å². The zero-order chi connectivity index (χ0) is 16.3. The van der Waals surface area contributed by atoms with E-state index in [0.29, 0.717) is 15.2 Å². The predicted octanol–water partition coefficient (Wildman–Crippen LogP) is 0.610. The number of halogens is 1. The van der Waals surface area contributed by atoms with Crippen molar-refractivity contribution in [1.29, 1.82) is 0 Å². The molecule has 1 heterocycles. The first-order valence-electron chi connectivity index (χ1n) is 6.01. The molecule has 2 rings (SSSR count). The summed E-state index contributed by atoms with van der Waals surface area (Å²) in [6.07, 6.45) is 0. The van der Waals surface area contributed by atoms with E-state index >= 15 is 0 Å². The number of nitrogens with one attached hydrogen (secondary N) is 1. The number of benzene rings is 1. The maximum Gasteiger partial charge on any atom is 0.284 e. The van der Waals surface area contributed by atoms with Gasteiger partial charge >= 0.3 is 0 Å². The second-order valence-corrected chi connectivity index (χ2v) is 6.92. The minimum Gasteiger partial charge on any atom is -0.845 e. The van der Waals surface area contributed by atoms with E-state index in [1.165, 1.54) is 6.07 Å². The molecule has 8 nitrogen and oxygen atoms in total. The van der Waals surface area contributed by atoms with E-state index in [2.05, 4.69) is 24.7 Å². The van der Waals surface area contributed by atoms with Crippen molar-refractivity contribution in [3.05, 3.63) is 39.5 Å². The van der Waals surface area contributed by atoms with Crippen LogP contribution in [-0.4, -0.2) is 29.4 Å². The molecule has 116 valence electrons. The Morgan fingerprint density at radius 2 is 1.77 bits per heavy atom. The van der Waals surface area contributed by atoms with Crippen LogP contribution < -0.4 is 10.4 Å². The molecule has 0 spiro atoms. The molecule has 0 aliphatic carbocycles. The Morgan fingerprint density at radius 3 is 2.36 bits per heavy atom. The molecule has 1 N–H and O–H groups in total. The van der Waals surface area contributed by atoms with Gasteiger partial charge in [-0.2, -0.15) is 22.8 Å². The lowest BCUT2D eigenvalue weighted by Gasteiger charge is -2.12. The zero-order valence-corrected chi connectivity index (χ0v) is 14.6. The highest BCUT2D eigenvalue weighted by molar-refractivity contribution is 14.1. The Hall–Kier alpha value is -1.82. The number of amidine groups is 1. The summed E-state index contributed by atoms with van der Waals surface area (Å²) in [5.41, 5.74) is 0. The molecule has 0 saturated carbocycles. The Bertz CT molecular complexity index is 818. The molecule has 1 aromatic carbocycles. The fourth-order valence-electron chi connectivity index (χ4n) is 1.60. The molecule has 2 aromatic rings. The maximum absolute atomic E-state index is 12.1. The molecule has 0 amide bonds. The standard InChI is InChI=1S/C12H12IN5O3S/c1-7-14-8(2)16-11(15-7)17-12(19)18-22(20,21)10-6-4-3-5-9(10)13/h3-6H,1-2H3,(H2,14,15,16,17,18,19)/p-1. The van der Waals surface area contributed by atoms with E-state index in [-0.39, 0.29) is 10.8 Å². The number of rotatable bonds is 3. The van der Waals surface area contributed by atoms with Crippen molar-refractivity contribution in [3.63, 3.8) is 0 Å². The van der Waals surface area contributed by atoms with Crippen molar-refractivity contribution in [2.75, 3.05) is 5.32 Å². The predicted molar refractivity (Wildman–Crippen MR) is 86.7 cm³/mol. The molecule has 1 aromatic heterocycles. The van der Waals surface area contributed by atoms with Crippen LogP contribution in [0.5, 0.6) is 0 Å². The second-order valence-electron chi connectivity index (χ2n) is 4.18. The highest BCUT2D eigenvalue weighted by atomic mass is 127. The van der Waals surface area contributed by atoms with Gasteiger partial charge < -0.3 is 10.4 Å². The van der Waals surface area contributed by atoms with Crippen LogP contribution in [0.2, 0.25) is 0 Å². The van der Waals surface area contributed by atoms with Gasteiger partial charge in [-0.1, -0.05) is 12.1 Å². The Morgan fingerprint density at radius 1 is 1.18 bits per heavy atom. The molecule has 0 fully saturated rings. The van der Waals surface area contributed by atoms with E-state index in [1.54, 1.807) is 32.0 Å². The summed E-state index contributed by atoms with van der Waals surface area (Å²) in [7, 11) is -4.10. The van der Waals surface area contributed by atoms with Gasteiger partial charge in [-0.05, 0) is 48.6 Å². The summed E-state index contributed by atoms with van der Waals surface area (Å²) in [5, 5.41) is 14.0. The first-order valence-corrected chi connectivity index (χ1v) is 8.52. The number of hydrogen-bond donors (Lipinski definition) is 1. The van der Waals surface area contributed by atoms with Gasteiger partial charge in [0.1, 0.15) is 16.5 Å². The third-order valence-corrected chi connectivity index (χ3v) is 5.02. The quantitative estimate of drug-likeness (QED) is 0.429. The topological polar surface area (TPSA) is 120 Å². The fourth-order valence-corrected chi connectivity index (χ4v) is 3.75. The minimum atomic E-state index is -4.10. The highest BCUT2D eigenvalue weighted by Crippen LogP contribution is 2.19. The van der Waals surface area contributed by atoms with Gasteiger partial charge in [0, 0.05) is 3.57 Å². The van der Waals surface area contributed by atoms with E-state index < -0.39 is 16.0 Å². The first-order chi connectivity index (χ1) is 10.3. The average molecular weight is 432 g/mol. The van der Waals surface area contributed by atoms with Gasteiger partial charge in [0.05, 0.1) is 6.02 Å². The van der Waals surface area contributed by atoms with E-state index in [1.807, 2.05) is 22.6 Å². The summed E-state index contributed by atoms with van der Waals surface area (Å²) >= 11 is 1.86. The van der Waals surface area contributed by atoms with Crippen molar-refractivity contribution >= 4 is 44.6 Å². The first kappa shape index (κ1) is 16.5. The molecule has 0 saturated heterocycles. The second kappa shape index (κ2) is 6.52. The third-order valence-electron chi connectivity index (χ3n) is 2.40. The number of hydrogen-bond acceptors (Lipinski definition) is 6. The summed E-state index contributed by atoms with van der Waals surface area (Å²) in [5.74, 6) is 0.767. The van der Waals surface area contributed by atoms with Crippen molar-refractivity contribution in [3.8, 4) is 0 Å². The fraction of sp³-hybridized carbons (Fsp3) is 0.167. The van der Waals surface area contributed by atoms with Gasteiger partial charge in [0.2, 0.25) is 5.95 Å². The largest absolute Gasteiger partial charge is 0.845 e. The van der Waals surface area contributed by atoms with Crippen molar-refractivity contribution in [1.82, 2.24) is 15.0 Å². The highest BCUT2D eigenvalue weighted by Gasteiger charge is 2.15. The molecule has 10 heteroatoms. The van der Waals surface area contributed by atoms with Crippen LogP contribution in [0.25, 0.3) is 0 Å². The average Bonchev–Trinajstić information content (AvgIpc) is 2.36. The van der Waals surface area contributed by atoms with E-state index in [9.17, 15) is 13.5 Å². The lowest BCUT2D eigenvalue weighted by molar-refractivity contribution is -0.213. The van der Waals surface area contributed by atoms with Crippen molar-refractivity contribution in [2.24, 2.45) is 4.40 Å². The molecule has 0 bridgehead atoms. The van der Waals surface area contributed by atoms with Crippen LogP contribution in [-0.2, 0) is 10.0 Å². The summed E-state index contributed by atoms with van der Waals surface area (Å²) < 4.78 is 27.9.